The second-order valence-corrected chi connectivity index (χ2v) is 8.68. The Hall–Kier alpha value is -5.22. The number of allylic oxidation sites excluding steroid dienone is 3. The smallest absolute Gasteiger partial charge is 0.180 e. The second-order valence-electron chi connectivity index (χ2n) is 8.68. The van der Waals surface area contributed by atoms with Crippen LogP contribution in [0.4, 0.5) is 0 Å². The molecule has 3 aromatic rings. The van der Waals surface area contributed by atoms with E-state index >= 15 is 0 Å². The van der Waals surface area contributed by atoms with E-state index in [9.17, 15) is 9.90 Å². The third kappa shape index (κ3) is 8.64. The van der Waals surface area contributed by atoms with Crippen molar-refractivity contribution in [3.63, 3.8) is 0 Å². The van der Waals surface area contributed by atoms with Gasteiger partial charge in [0.2, 0.25) is 0 Å². The summed E-state index contributed by atoms with van der Waals surface area (Å²) in [6.07, 6.45) is 7.87. The number of hydrogen-bond donors (Lipinski definition) is 2. The average Bonchev–Trinajstić information content (AvgIpc) is 3.03. The number of nitrogens with zero attached hydrogens (tertiary/aromatic N) is 4. The highest BCUT2D eigenvalue weighted by Gasteiger charge is 2.19. The van der Waals surface area contributed by atoms with Crippen molar-refractivity contribution in [2.24, 2.45) is 11.0 Å². The van der Waals surface area contributed by atoms with Crippen molar-refractivity contribution >= 4 is 17.9 Å². The fourth-order valence-electron chi connectivity index (χ4n) is 3.96. The van der Waals surface area contributed by atoms with Gasteiger partial charge < -0.3 is 29.1 Å². The number of carbonyl (C=O) groups is 1. The molecule has 0 radical (unpaired) electrons. The van der Waals surface area contributed by atoms with Crippen molar-refractivity contribution < 1.29 is 28.8 Å². The highest BCUT2D eigenvalue weighted by Crippen LogP contribution is 2.30. The van der Waals surface area contributed by atoms with Gasteiger partial charge >= 0.3 is 0 Å². The first kappa shape index (κ1) is 31.3. The van der Waals surface area contributed by atoms with Crippen molar-refractivity contribution in [3.05, 3.63) is 118 Å². The zero-order valence-corrected chi connectivity index (χ0v) is 23.6. The minimum absolute atomic E-state index is 0.183. The zero-order chi connectivity index (χ0) is 30.3. The van der Waals surface area contributed by atoms with Crippen LogP contribution in [-0.2, 0) is 4.79 Å². The van der Waals surface area contributed by atoms with Crippen LogP contribution in [0.5, 0.6) is 23.0 Å². The number of aliphatic hydroxyl groups excluding tert-OH is 1. The van der Waals surface area contributed by atoms with Gasteiger partial charge in [-0.3, -0.25) is 4.79 Å². The summed E-state index contributed by atoms with van der Waals surface area (Å²) in [5.74, 6) is 8.12. The van der Waals surface area contributed by atoms with Gasteiger partial charge in [-0.05, 0) is 58.6 Å². The van der Waals surface area contributed by atoms with Crippen LogP contribution in [0.1, 0.15) is 22.7 Å². The molecule has 218 valence electrons. The summed E-state index contributed by atoms with van der Waals surface area (Å²) < 4.78 is 21.4. The number of aliphatic hydroxyl groups is 1. The molecule has 1 atom stereocenters. The van der Waals surface area contributed by atoms with Gasteiger partial charge in [-0.25, -0.2) is 5.84 Å². The minimum atomic E-state index is -0.615. The monoisotopic (exact) mass is 571 g/mol. The largest absolute Gasteiger partial charge is 0.493 e. The normalized spacial score (nSPS) is 12.1. The summed E-state index contributed by atoms with van der Waals surface area (Å²) in [5, 5.41) is 14.9. The molecule has 0 bridgehead atoms. The standard InChI is InChI=1S/C31H33N5O6/c1-39-28-15-11-23(17-30(28)40-2)10-14-26(38)19-25(36(33)27(20-37)24-7-5-4-6-8-24)13-9-22-12-16-29(31(18-22)41-3)42-21-34-35-32/h4-19,27,37H,20-21,33H2,1-3H3/b13-9+,14-10+,25-19-/t27-/m1/s1. The van der Waals surface area contributed by atoms with Crippen LogP contribution in [0.25, 0.3) is 22.6 Å². The maximum absolute atomic E-state index is 13.1. The molecule has 11 heteroatoms. The van der Waals surface area contributed by atoms with Gasteiger partial charge in [0.1, 0.15) is 0 Å². The van der Waals surface area contributed by atoms with E-state index < -0.39 is 6.04 Å². The number of ketones is 1. The van der Waals surface area contributed by atoms with Crippen molar-refractivity contribution in [2.45, 2.75) is 6.04 Å². The SMILES string of the molecule is COc1ccc(/C=C/C(=O)/C=C(/C=C/c2ccc(OCN=[N+]=[N-])c(OC)c2)N(N)[C@H](CO)c2ccccc2)cc1OC. The van der Waals surface area contributed by atoms with E-state index in [1.54, 1.807) is 61.7 Å². The summed E-state index contributed by atoms with van der Waals surface area (Å²) >= 11 is 0. The molecule has 0 aliphatic carbocycles. The van der Waals surface area contributed by atoms with Gasteiger partial charge in [-0.1, -0.05) is 59.7 Å². The number of hydrazine groups is 1. The van der Waals surface area contributed by atoms with E-state index in [-0.39, 0.29) is 19.1 Å². The lowest BCUT2D eigenvalue weighted by atomic mass is 10.1. The van der Waals surface area contributed by atoms with Crippen LogP contribution < -0.4 is 24.8 Å². The van der Waals surface area contributed by atoms with E-state index in [1.165, 1.54) is 31.4 Å². The lowest BCUT2D eigenvalue weighted by Crippen LogP contribution is -2.36. The third-order valence-corrected chi connectivity index (χ3v) is 6.10. The van der Waals surface area contributed by atoms with E-state index in [1.807, 2.05) is 30.3 Å². The Labute approximate surface area is 244 Å². The Morgan fingerprint density at radius 2 is 1.52 bits per heavy atom. The molecule has 11 nitrogen and oxygen atoms in total. The highest BCUT2D eigenvalue weighted by atomic mass is 16.5. The molecule has 0 saturated carbocycles. The lowest BCUT2D eigenvalue weighted by Gasteiger charge is -2.29. The van der Waals surface area contributed by atoms with Gasteiger partial charge in [0.25, 0.3) is 0 Å². The van der Waals surface area contributed by atoms with Gasteiger partial charge in [-0.15, -0.1) is 0 Å². The predicted octanol–water partition coefficient (Wildman–Crippen LogP) is 5.45. The number of benzene rings is 3. The molecule has 0 aliphatic heterocycles. The molecule has 0 aliphatic rings. The summed E-state index contributed by atoms with van der Waals surface area (Å²) in [5.41, 5.74) is 11.1. The Bertz CT molecular complexity index is 1480. The second kappa shape index (κ2) is 16.1. The number of hydrogen-bond acceptors (Lipinski definition) is 9. The molecule has 3 N–H and O–H groups in total. The number of ether oxygens (including phenoxy) is 4. The highest BCUT2D eigenvalue weighted by molar-refractivity contribution is 6.02. The number of carbonyl (C=O) groups excluding carboxylic acids is 1. The molecule has 0 amide bonds. The molecule has 0 saturated heterocycles. The molecule has 3 rings (SSSR count). The van der Waals surface area contributed by atoms with Gasteiger partial charge in [0.05, 0.1) is 39.7 Å². The maximum atomic E-state index is 13.1. The van der Waals surface area contributed by atoms with E-state index in [0.717, 1.165) is 16.7 Å². The van der Waals surface area contributed by atoms with Crippen LogP contribution in [0, 0.1) is 0 Å². The Kier molecular flexibility index (Phi) is 12.0. The molecule has 0 heterocycles. The molecule has 0 aromatic heterocycles. The zero-order valence-electron chi connectivity index (χ0n) is 23.6. The average molecular weight is 572 g/mol. The summed E-state index contributed by atoms with van der Waals surface area (Å²) in [6, 6.07) is 19.1. The Balaban J connectivity index is 1.94. The minimum Gasteiger partial charge on any atom is -0.493 e. The fourth-order valence-corrected chi connectivity index (χ4v) is 3.96. The number of rotatable bonds is 15. The molecule has 3 aromatic carbocycles. The summed E-state index contributed by atoms with van der Waals surface area (Å²) in [7, 11) is 4.58. The molecular weight excluding hydrogens is 538 g/mol. The first-order chi connectivity index (χ1) is 20.4. The number of methoxy groups -OCH3 is 3. The number of nitrogens with two attached hydrogens (primary N) is 1. The van der Waals surface area contributed by atoms with Crippen LogP contribution in [0.3, 0.4) is 0 Å². The Morgan fingerprint density at radius 1 is 0.929 bits per heavy atom. The molecule has 0 unspecified atom stereocenters. The van der Waals surface area contributed by atoms with Gasteiger partial charge in [0, 0.05) is 11.0 Å². The predicted molar refractivity (Wildman–Crippen MR) is 161 cm³/mol. The molecule has 0 fully saturated rings. The lowest BCUT2D eigenvalue weighted by molar-refractivity contribution is -0.110. The van der Waals surface area contributed by atoms with E-state index in [4.69, 9.17) is 30.3 Å². The summed E-state index contributed by atoms with van der Waals surface area (Å²) in [6.45, 7) is -0.468. The first-order valence-electron chi connectivity index (χ1n) is 12.8. The first-order valence-corrected chi connectivity index (χ1v) is 12.8. The van der Waals surface area contributed by atoms with Crippen molar-refractivity contribution in [2.75, 3.05) is 34.7 Å². The third-order valence-electron chi connectivity index (χ3n) is 6.10. The molecule has 42 heavy (non-hydrogen) atoms. The van der Waals surface area contributed by atoms with Crippen LogP contribution in [-0.4, -0.2) is 50.6 Å². The molecule has 0 spiro atoms. The quantitative estimate of drug-likeness (QED) is 0.0465. The fraction of sp³-hybridized carbons (Fsp3) is 0.194. The Morgan fingerprint density at radius 3 is 2.12 bits per heavy atom. The van der Waals surface area contributed by atoms with Crippen molar-refractivity contribution in [3.8, 4) is 23.0 Å². The van der Waals surface area contributed by atoms with Crippen LogP contribution in [0.15, 0.2) is 95.8 Å². The van der Waals surface area contributed by atoms with Crippen molar-refractivity contribution in [1.82, 2.24) is 5.01 Å². The van der Waals surface area contributed by atoms with E-state index in [0.29, 0.717) is 28.7 Å². The van der Waals surface area contributed by atoms with Gasteiger partial charge in [0.15, 0.2) is 35.5 Å². The topological polar surface area (TPSA) is 152 Å². The van der Waals surface area contributed by atoms with Crippen LogP contribution >= 0.6 is 0 Å². The van der Waals surface area contributed by atoms with Crippen molar-refractivity contribution in [1.29, 1.82) is 0 Å². The summed E-state index contributed by atoms with van der Waals surface area (Å²) in [4.78, 5) is 15.7. The van der Waals surface area contributed by atoms with Gasteiger partial charge in [-0.2, -0.15) is 0 Å². The molecular formula is C31H33N5O6. The maximum Gasteiger partial charge on any atom is 0.180 e. The van der Waals surface area contributed by atoms with Crippen LogP contribution in [0.2, 0.25) is 0 Å². The number of azide groups is 1. The van der Waals surface area contributed by atoms with E-state index in [2.05, 4.69) is 10.0 Å².